The Kier molecular flexibility index (Phi) is 1730. The molecule has 0 saturated heterocycles. The molecule has 8 heteroatoms. The van der Waals surface area contributed by atoms with Gasteiger partial charge in [-0.05, 0) is 0 Å². The summed E-state index contributed by atoms with van der Waals surface area (Å²) in [6.07, 6.45) is 0. The molecule has 0 atom stereocenters. The second-order valence-corrected chi connectivity index (χ2v) is 0. The molecule has 2 nitrogen and oxygen atoms in total. The van der Waals surface area contributed by atoms with Crippen LogP contribution in [-0.4, -0.2) is 11.0 Å². The zero-order valence-corrected chi connectivity index (χ0v) is 10.5. The molecular formula is H4Cl4NaO2Rh. The van der Waals surface area contributed by atoms with Gasteiger partial charge in [0, 0.05) is 0 Å². The van der Waals surface area contributed by atoms with Crippen LogP contribution < -0.4 is 79.2 Å². The Morgan fingerprint density at radius 1 is 0.500 bits per heavy atom. The Labute approximate surface area is 108 Å². The van der Waals surface area contributed by atoms with Crippen LogP contribution in [-0.2, 0) is 19.5 Å². The van der Waals surface area contributed by atoms with E-state index >= 15 is 0 Å². The van der Waals surface area contributed by atoms with E-state index in [1.165, 1.54) is 0 Å². The summed E-state index contributed by atoms with van der Waals surface area (Å²) in [5, 5.41) is 0. The molecule has 4 N–H and O–H groups in total. The van der Waals surface area contributed by atoms with Gasteiger partial charge in [-0.15, -0.1) is 0 Å². The molecule has 0 bridgehead atoms. The third-order valence-electron chi connectivity index (χ3n) is 0. The quantitative estimate of drug-likeness (QED) is 0.399. The number of hydrogen-bond acceptors (Lipinski definition) is 0. The maximum atomic E-state index is 0. The van der Waals surface area contributed by atoms with Gasteiger partial charge in [0.2, 0.25) is 0 Å². The molecule has 8 heavy (non-hydrogen) atoms. The van der Waals surface area contributed by atoms with Crippen molar-refractivity contribution in [1.82, 2.24) is 0 Å². The molecule has 0 heterocycles. The Bertz CT molecular complexity index is 14.0. The summed E-state index contributed by atoms with van der Waals surface area (Å²) < 4.78 is 0. The first-order chi connectivity index (χ1) is 0. The van der Waals surface area contributed by atoms with Crippen molar-refractivity contribution >= 4 is 0 Å². The van der Waals surface area contributed by atoms with Crippen LogP contribution in [0.25, 0.3) is 0 Å². The SMILES string of the molecule is O.O.[Cl-].[Cl-].[Cl-].[Cl-].[Na+].[Rh+3]. The van der Waals surface area contributed by atoms with Crippen LogP contribution in [0.3, 0.4) is 0 Å². The van der Waals surface area contributed by atoms with Crippen molar-refractivity contribution in [2.75, 3.05) is 0 Å². The minimum Gasteiger partial charge on any atom is -1.00 e. The van der Waals surface area contributed by atoms with Gasteiger partial charge in [-0.3, -0.25) is 0 Å². The molecule has 0 aromatic carbocycles. The van der Waals surface area contributed by atoms with Crippen LogP contribution >= 0.6 is 0 Å². The van der Waals surface area contributed by atoms with E-state index in [1.54, 1.807) is 0 Å². The first kappa shape index (κ1) is 138. The van der Waals surface area contributed by atoms with E-state index in [4.69, 9.17) is 0 Å². The molecule has 0 aromatic heterocycles. The summed E-state index contributed by atoms with van der Waals surface area (Å²) >= 11 is 0. The van der Waals surface area contributed by atoms with Gasteiger partial charge in [0.1, 0.15) is 0 Å². The monoisotopic (exact) mass is 302 g/mol. The molecule has 0 rings (SSSR count). The molecule has 0 saturated carbocycles. The van der Waals surface area contributed by atoms with Gasteiger partial charge >= 0.3 is 49.0 Å². The van der Waals surface area contributed by atoms with Crippen LogP contribution in [0.2, 0.25) is 0 Å². The average Bonchev–Trinajstić information content (AvgIpc) is 0. The van der Waals surface area contributed by atoms with E-state index in [0.717, 1.165) is 0 Å². The van der Waals surface area contributed by atoms with Crippen LogP contribution in [0.4, 0.5) is 0 Å². The van der Waals surface area contributed by atoms with E-state index < -0.39 is 0 Å². The van der Waals surface area contributed by atoms with E-state index in [-0.39, 0.29) is 110 Å². The van der Waals surface area contributed by atoms with Crippen molar-refractivity contribution in [2.45, 2.75) is 0 Å². The van der Waals surface area contributed by atoms with Crippen LogP contribution in [0.5, 0.6) is 0 Å². The van der Waals surface area contributed by atoms with Crippen molar-refractivity contribution in [3.05, 3.63) is 0 Å². The van der Waals surface area contributed by atoms with E-state index in [2.05, 4.69) is 0 Å². The largest absolute Gasteiger partial charge is 3.00 e. The van der Waals surface area contributed by atoms with Gasteiger partial charge < -0.3 is 60.6 Å². The van der Waals surface area contributed by atoms with Gasteiger partial charge in [-0.2, -0.15) is 0 Å². The van der Waals surface area contributed by atoms with Gasteiger partial charge in [0.05, 0.1) is 0 Å². The van der Waals surface area contributed by atoms with Crippen LogP contribution in [0.1, 0.15) is 0 Å². The van der Waals surface area contributed by atoms with Crippen molar-refractivity contribution in [2.24, 2.45) is 0 Å². The van der Waals surface area contributed by atoms with Gasteiger partial charge in [0.25, 0.3) is 0 Å². The van der Waals surface area contributed by atoms with Gasteiger partial charge in [-0.1, -0.05) is 0 Å². The maximum absolute atomic E-state index is 0. The van der Waals surface area contributed by atoms with Crippen LogP contribution in [0.15, 0.2) is 0 Å². The fourth-order valence-corrected chi connectivity index (χ4v) is 0. The minimum atomic E-state index is 0. The fourth-order valence-electron chi connectivity index (χ4n) is 0. The molecule has 0 radical (unpaired) electrons. The summed E-state index contributed by atoms with van der Waals surface area (Å²) in [5.74, 6) is 0. The number of halogens is 4. The predicted octanol–water partition coefficient (Wildman–Crippen LogP) is -16.6. The zero-order chi connectivity index (χ0) is 0. The Hall–Kier alpha value is 2.70. The van der Waals surface area contributed by atoms with Crippen LogP contribution in [0, 0.1) is 0 Å². The fraction of sp³-hybridized carbons (Fsp3) is 0. The molecule has 0 unspecified atom stereocenters. The third-order valence-corrected chi connectivity index (χ3v) is 0. The summed E-state index contributed by atoms with van der Waals surface area (Å²) in [5.41, 5.74) is 0. The molecule has 54 valence electrons. The summed E-state index contributed by atoms with van der Waals surface area (Å²) in [6.45, 7) is 0. The summed E-state index contributed by atoms with van der Waals surface area (Å²) in [6, 6.07) is 0. The third kappa shape index (κ3) is 70.7. The number of hydrogen-bond donors (Lipinski definition) is 0. The average molecular weight is 304 g/mol. The number of rotatable bonds is 0. The molecule has 0 spiro atoms. The van der Waals surface area contributed by atoms with Crippen molar-refractivity contribution in [1.29, 1.82) is 0 Å². The minimum absolute atomic E-state index is 0. The molecule has 0 fully saturated rings. The molecule has 0 amide bonds. The van der Waals surface area contributed by atoms with E-state index in [1.807, 2.05) is 0 Å². The Balaban J connectivity index is 0. The Morgan fingerprint density at radius 2 is 0.500 bits per heavy atom. The predicted molar refractivity (Wildman–Crippen MR) is 7.23 cm³/mol. The van der Waals surface area contributed by atoms with Crippen molar-refractivity contribution < 1.29 is 110 Å². The topological polar surface area (TPSA) is 63.0 Å². The Morgan fingerprint density at radius 3 is 0.500 bits per heavy atom. The first-order valence-corrected chi connectivity index (χ1v) is 0. The smallest absolute Gasteiger partial charge is 1.00 e. The van der Waals surface area contributed by atoms with E-state index in [9.17, 15) is 0 Å². The van der Waals surface area contributed by atoms with Gasteiger partial charge in [-0.25, -0.2) is 0 Å². The van der Waals surface area contributed by atoms with Crippen molar-refractivity contribution in [3.63, 3.8) is 0 Å². The standard InChI is InChI=1S/4ClH.Na.2H2O.Rh/h4*1H;;2*1H2;/q;;;;+1;;;+3/p-4. The summed E-state index contributed by atoms with van der Waals surface area (Å²) in [4.78, 5) is 0. The molecular weight excluding hydrogens is 300 g/mol. The maximum Gasteiger partial charge on any atom is 3.00 e. The first-order valence-electron chi connectivity index (χ1n) is 0. The second-order valence-electron chi connectivity index (χ2n) is 0. The van der Waals surface area contributed by atoms with Crippen molar-refractivity contribution in [3.8, 4) is 0 Å². The summed E-state index contributed by atoms with van der Waals surface area (Å²) in [7, 11) is 0. The van der Waals surface area contributed by atoms with Gasteiger partial charge in [0.15, 0.2) is 0 Å². The van der Waals surface area contributed by atoms with E-state index in [0.29, 0.717) is 0 Å². The zero-order valence-electron chi connectivity index (χ0n) is 3.85. The molecule has 0 aliphatic heterocycles. The molecule has 0 aliphatic carbocycles. The molecule has 0 aliphatic rings. The second kappa shape index (κ2) is 101. The normalized spacial score (nSPS) is 0. The molecule has 0 aromatic rings.